The van der Waals surface area contributed by atoms with Crippen LogP contribution in [0.3, 0.4) is 0 Å². The van der Waals surface area contributed by atoms with Crippen molar-refractivity contribution >= 4 is 34.2 Å². The zero-order valence-electron chi connectivity index (χ0n) is 22.0. The molecule has 0 aliphatic carbocycles. The lowest BCUT2D eigenvalue weighted by atomic mass is 9.95. The van der Waals surface area contributed by atoms with E-state index in [9.17, 15) is 9.90 Å². The van der Waals surface area contributed by atoms with Crippen molar-refractivity contribution in [2.24, 2.45) is 11.7 Å². The average molecular weight is 551 g/mol. The van der Waals surface area contributed by atoms with Crippen molar-refractivity contribution < 1.29 is 19.1 Å². The first-order valence-corrected chi connectivity index (χ1v) is 13.9. The number of β-amino-alcohol motifs (C(OH)–C–C–N with tert-alkyl or cyclic N) is 1. The summed E-state index contributed by atoms with van der Waals surface area (Å²) in [5.74, 6) is 1.55. The molecule has 0 spiro atoms. The Morgan fingerprint density at radius 3 is 2.67 bits per heavy atom. The smallest absolute Gasteiger partial charge is 0.221 e. The number of amides is 1. The fourth-order valence-electron chi connectivity index (χ4n) is 5.23. The Kier molecular flexibility index (Phi) is 8.98. The second-order valence-corrected chi connectivity index (χ2v) is 10.8. The van der Waals surface area contributed by atoms with Gasteiger partial charge in [-0.15, -0.1) is 0 Å². The molecule has 1 aromatic carbocycles. The lowest BCUT2D eigenvalue weighted by Crippen LogP contribution is -2.49. The highest BCUT2D eigenvalue weighted by molar-refractivity contribution is 6.30. The maximum atomic E-state index is 12.1. The number of piperazine rings is 1. The summed E-state index contributed by atoms with van der Waals surface area (Å²) in [6, 6.07) is 11.5. The van der Waals surface area contributed by atoms with Crippen LogP contribution in [0.5, 0.6) is 0 Å². The molecule has 1 unspecified atom stereocenters. The van der Waals surface area contributed by atoms with Crippen LogP contribution in [0.15, 0.2) is 71.1 Å². The highest BCUT2D eigenvalue weighted by Gasteiger charge is 2.26. The van der Waals surface area contributed by atoms with E-state index in [2.05, 4.69) is 26.9 Å². The molecule has 39 heavy (non-hydrogen) atoms. The van der Waals surface area contributed by atoms with Crippen LogP contribution in [0, 0.1) is 5.92 Å². The highest BCUT2D eigenvalue weighted by atomic mass is 35.5. The number of carbonyl (C=O) groups excluding carboxylic acids is 1. The molecule has 4 heterocycles. The fourth-order valence-corrected chi connectivity index (χ4v) is 5.42. The number of benzene rings is 1. The van der Waals surface area contributed by atoms with Gasteiger partial charge in [0.15, 0.2) is 5.58 Å². The largest absolute Gasteiger partial charge is 0.460 e. The van der Waals surface area contributed by atoms with E-state index in [1.807, 2.05) is 36.4 Å². The van der Waals surface area contributed by atoms with Crippen LogP contribution in [0.1, 0.15) is 30.6 Å². The average Bonchev–Trinajstić information content (AvgIpc) is 3.18. The molecular formula is C30H35ClN4O4. The van der Waals surface area contributed by atoms with Crippen molar-refractivity contribution in [1.82, 2.24) is 14.8 Å². The van der Waals surface area contributed by atoms with Crippen molar-refractivity contribution in [2.45, 2.75) is 31.8 Å². The summed E-state index contributed by atoms with van der Waals surface area (Å²) in [6.07, 6.45) is 9.52. The number of furan rings is 1. The number of aliphatic hydroxyl groups is 1. The monoisotopic (exact) mass is 550 g/mol. The number of rotatable bonds is 10. The summed E-state index contributed by atoms with van der Waals surface area (Å²) < 4.78 is 12.1. The Labute approximate surface area is 233 Å². The minimum absolute atomic E-state index is 0.296. The van der Waals surface area contributed by atoms with Gasteiger partial charge < -0.3 is 20.0 Å². The van der Waals surface area contributed by atoms with Crippen molar-refractivity contribution in [3.05, 3.63) is 83.0 Å². The van der Waals surface area contributed by atoms with Gasteiger partial charge in [0.25, 0.3) is 0 Å². The molecule has 1 saturated heterocycles. The number of primary amides is 1. The van der Waals surface area contributed by atoms with E-state index < -0.39 is 17.9 Å². The van der Waals surface area contributed by atoms with Crippen LogP contribution in [-0.2, 0) is 16.0 Å². The number of aliphatic hydroxyl groups excluding tert-OH is 1. The number of fused-ring (bicyclic) bond motifs is 1. The minimum Gasteiger partial charge on any atom is -0.460 e. The third-order valence-electron chi connectivity index (χ3n) is 7.31. The predicted molar refractivity (Wildman–Crippen MR) is 152 cm³/mol. The summed E-state index contributed by atoms with van der Waals surface area (Å²) in [7, 11) is 0. The van der Waals surface area contributed by atoms with E-state index >= 15 is 0 Å². The van der Waals surface area contributed by atoms with E-state index in [0.717, 1.165) is 68.0 Å². The first-order valence-electron chi connectivity index (χ1n) is 13.5. The SMILES string of the molecule is NC(=O)[C@H](Cc1cc2ccncc2o1)CC(O)CN1CCN(CC2=CCCC=C(c3cccc(Cl)c3)O2)CC1. The maximum Gasteiger partial charge on any atom is 0.221 e. The molecule has 3 aromatic rings. The van der Waals surface area contributed by atoms with Crippen LogP contribution < -0.4 is 5.73 Å². The van der Waals surface area contributed by atoms with Crippen molar-refractivity contribution in [2.75, 3.05) is 39.3 Å². The van der Waals surface area contributed by atoms with Crippen molar-refractivity contribution in [3.63, 3.8) is 0 Å². The second kappa shape index (κ2) is 12.8. The van der Waals surface area contributed by atoms with Crippen LogP contribution in [-0.4, -0.2) is 71.2 Å². The summed E-state index contributed by atoms with van der Waals surface area (Å²) >= 11 is 6.18. The number of nitrogens with zero attached hydrogens (tertiary/aromatic N) is 3. The van der Waals surface area contributed by atoms with Gasteiger partial charge in [-0.3, -0.25) is 19.6 Å². The first kappa shape index (κ1) is 27.4. The van der Waals surface area contributed by atoms with E-state index in [1.165, 1.54) is 0 Å². The van der Waals surface area contributed by atoms with Crippen LogP contribution in [0.25, 0.3) is 16.7 Å². The fraction of sp³-hybridized carbons (Fsp3) is 0.400. The van der Waals surface area contributed by atoms with Gasteiger partial charge in [0.05, 0.1) is 18.8 Å². The molecule has 2 aliphatic rings. The molecule has 5 rings (SSSR count). The summed E-state index contributed by atoms with van der Waals surface area (Å²) in [5, 5.41) is 12.4. The molecule has 0 radical (unpaired) electrons. The Bertz CT molecular complexity index is 1310. The van der Waals surface area contributed by atoms with Gasteiger partial charge in [0.1, 0.15) is 17.3 Å². The van der Waals surface area contributed by atoms with E-state index in [0.29, 0.717) is 35.8 Å². The lowest BCUT2D eigenvalue weighted by Gasteiger charge is -2.36. The molecule has 2 aromatic heterocycles. The minimum atomic E-state index is -0.654. The van der Waals surface area contributed by atoms with Gasteiger partial charge in [-0.05, 0) is 55.7 Å². The predicted octanol–water partition coefficient (Wildman–Crippen LogP) is 4.23. The molecule has 2 aliphatic heterocycles. The molecule has 0 saturated carbocycles. The molecule has 8 nitrogen and oxygen atoms in total. The molecule has 9 heteroatoms. The van der Waals surface area contributed by atoms with Gasteiger partial charge in [-0.1, -0.05) is 23.7 Å². The highest BCUT2D eigenvalue weighted by Crippen LogP contribution is 2.27. The number of nitrogens with two attached hydrogens (primary N) is 1. The Balaban J connectivity index is 1.09. The molecule has 206 valence electrons. The molecular weight excluding hydrogens is 516 g/mol. The Morgan fingerprint density at radius 1 is 1.10 bits per heavy atom. The molecule has 2 atom stereocenters. The Hall–Kier alpha value is -3.17. The van der Waals surface area contributed by atoms with Gasteiger partial charge in [-0.25, -0.2) is 0 Å². The zero-order valence-corrected chi connectivity index (χ0v) is 22.7. The summed E-state index contributed by atoms with van der Waals surface area (Å²) in [4.78, 5) is 20.8. The van der Waals surface area contributed by atoms with Crippen LogP contribution in [0.2, 0.25) is 5.02 Å². The summed E-state index contributed by atoms with van der Waals surface area (Å²) in [5.41, 5.74) is 7.34. The first-order chi connectivity index (χ1) is 18.9. The van der Waals surface area contributed by atoms with Crippen LogP contribution in [0.4, 0.5) is 0 Å². The number of hydrogen-bond acceptors (Lipinski definition) is 7. The van der Waals surface area contributed by atoms with Gasteiger partial charge in [0.2, 0.25) is 5.91 Å². The summed E-state index contributed by atoms with van der Waals surface area (Å²) in [6.45, 7) is 4.65. The number of pyridine rings is 1. The van der Waals surface area contributed by atoms with E-state index in [4.69, 9.17) is 26.5 Å². The van der Waals surface area contributed by atoms with Gasteiger partial charge in [-0.2, -0.15) is 0 Å². The van der Waals surface area contributed by atoms with Crippen LogP contribution >= 0.6 is 11.6 Å². The van der Waals surface area contributed by atoms with E-state index in [-0.39, 0.29) is 0 Å². The zero-order chi connectivity index (χ0) is 27.2. The third kappa shape index (κ3) is 7.48. The standard InChI is InChI=1S/C30H35ClN4O4/c31-24-5-3-4-21(14-24)28-7-2-1-6-26(38-28)20-35-12-10-34(11-13-35)19-25(36)15-23(30(32)37)17-27-16-22-8-9-33-18-29(22)39-27/h3-9,14,16,18,23,25,36H,1-2,10-13,15,17,19-20H2,(H2,32,37)/t23-,25?/m0/s1. The van der Waals surface area contributed by atoms with E-state index in [1.54, 1.807) is 12.4 Å². The molecule has 1 fully saturated rings. The normalized spacial score (nSPS) is 18.6. The number of carbonyl (C=O) groups is 1. The second-order valence-electron chi connectivity index (χ2n) is 10.3. The van der Waals surface area contributed by atoms with Crippen molar-refractivity contribution in [3.8, 4) is 0 Å². The number of hydrogen-bond donors (Lipinski definition) is 2. The quantitative estimate of drug-likeness (QED) is 0.389. The number of allylic oxidation sites excluding steroid dienone is 2. The van der Waals surface area contributed by atoms with Gasteiger partial charge >= 0.3 is 0 Å². The molecule has 1 amide bonds. The topological polar surface area (TPSA) is 105 Å². The Morgan fingerprint density at radius 2 is 1.90 bits per heavy atom. The van der Waals surface area contributed by atoms with Gasteiger partial charge in [0, 0.05) is 67.2 Å². The van der Waals surface area contributed by atoms with Crippen molar-refractivity contribution in [1.29, 1.82) is 0 Å². The lowest BCUT2D eigenvalue weighted by molar-refractivity contribution is -0.123. The number of ether oxygens (including phenoxy) is 1. The third-order valence-corrected chi connectivity index (χ3v) is 7.55. The maximum absolute atomic E-state index is 12.1. The molecule has 0 bridgehead atoms. The number of halogens is 1. The molecule has 3 N–H and O–H groups in total. The number of aromatic nitrogens is 1.